The Morgan fingerprint density at radius 1 is 1.37 bits per heavy atom. The highest BCUT2D eigenvalue weighted by Gasteiger charge is 2.24. The second kappa shape index (κ2) is 6.43. The Morgan fingerprint density at radius 2 is 2.00 bits per heavy atom. The molecule has 0 atom stereocenters. The summed E-state index contributed by atoms with van der Waals surface area (Å²) in [7, 11) is -3.61. The van der Waals surface area contributed by atoms with E-state index in [0.717, 1.165) is 4.57 Å². The maximum absolute atomic E-state index is 12.2. The molecule has 0 aliphatic rings. The van der Waals surface area contributed by atoms with Gasteiger partial charge in [-0.2, -0.15) is 0 Å². The molecule has 0 aromatic carbocycles. The number of rotatable bonds is 6. The molecule has 0 saturated heterocycles. The molecule has 1 heterocycles. The molecule has 108 valence electrons. The van der Waals surface area contributed by atoms with Gasteiger partial charge >= 0.3 is 0 Å². The van der Waals surface area contributed by atoms with Crippen LogP contribution in [0, 0.1) is 6.92 Å². The van der Waals surface area contributed by atoms with Crippen molar-refractivity contribution in [1.82, 2.24) is 4.57 Å². The SMILES string of the molecule is CCn1c(O)c(S(=O)(=O)CCCCCl)c(C)cc1=O. The van der Waals surface area contributed by atoms with E-state index in [0.29, 0.717) is 18.7 Å². The van der Waals surface area contributed by atoms with Crippen molar-refractivity contribution in [2.24, 2.45) is 0 Å². The first kappa shape index (κ1) is 16.0. The van der Waals surface area contributed by atoms with Crippen LogP contribution in [0.4, 0.5) is 0 Å². The summed E-state index contributed by atoms with van der Waals surface area (Å²) in [5, 5.41) is 10.0. The highest BCUT2D eigenvalue weighted by Crippen LogP contribution is 2.26. The fraction of sp³-hybridized carbons (Fsp3) is 0.583. The summed E-state index contributed by atoms with van der Waals surface area (Å²) in [6.45, 7) is 3.39. The molecule has 7 heteroatoms. The third kappa shape index (κ3) is 3.51. The Bertz CT molecular complexity index is 607. The number of aryl methyl sites for hydroxylation is 1. The first-order valence-corrected chi connectivity index (χ1v) is 8.26. The first-order chi connectivity index (χ1) is 8.85. The maximum Gasteiger partial charge on any atom is 0.253 e. The lowest BCUT2D eigenvalue weighted by Gasteiger charge is -2.13. The minimum atomic E-state index is -3.61. The van der Waals surface area contributed by atoms with Crippen LogP contribution in [-0.4, -0.2) is 29.7 Å². The number of nitrogens with zero attached hydrogens (tertiary/aromatic N) is 1. The first-order valence-electron chi connectivity index (χ1n) is 6.07. The van der Waals surface area contributed by atoms with Gasteiger partial charge in [0.2, 0.25) is 5.88 Å². The second-order valence-electron chi connectivity index (χ2n) is 4.28. The van der Waals surface area contributed by atoms with E-state index in [-0.39, 0.29) is 22.8 Å². The molecule has 5 nitrogen and oxygen atoms in total. The zero-order valence-corrected chi connectivity index (χ0v) is 12.6. The Hall–Kier alpha value is -1.01. The van der Waals surface area contributed by atoms with Crippen molar-refractivity contribution < 1.29 is 13.5 Å². The predicted octanol–water partition coefficient (Wildman–Crippen LogP) is 1.67. The van der Waals surface area contributed by atoms with E-state index in [1.807, 2.05) is 0 Å². The van der Waals surface area contributed by atoms with Crippen molar-refractivity contribution in [2.75, 3.05) is 11.6 Å². The zero-order chi connectivity index (χ0) is 14.6. The number of pyridine rings is 1. The summed E-state index contributed by atoms with van der Waals surface area (Å²) in [6, 6.07) is 1.23. The summed E-state index contributed by atoms with van der Waals surface area (Å²) in [6.07, 6.45) is 1.02. The molecule has 1 N–H and O–H groups in total. The van der Waals surface area contributed by atoms with Gasteiger partial charge in [0, 0.05) is 18.5 Å². The summed E-state index contributed by atoms with van der Waals surface area (Å²) < 4.78 is 25.5. The number of alkyl halides is 1. The number of hydrogen-bond donors (Lipinski definition) is 1. The molecule has 0 spiro atoms. The number of aromatic hydroxyl groups is 1. The van der Waals surface area contributed by atoms with Crippen molar-refractivity contribution in [3.05, 3.63) is 22.0 Å². The smallest absolute Gasteiger partial charge is 0.253 e. The number of sulfone groups is 1. The number of hydrogen-bond acceptors (Lipinski definition) is 4. The molecule has 1 aromatic heterocycles. The van der Waals surface area contributed by atoms with Crippen molar-refractivity contribution in [3.8, 4) is 5.88 Å². The summed E-state index contributed by atoms with van der Waals surface area (Å²) >= 11 is 5.52. The van der Waals surface area contributed by atoms with Crippen molar-refractivity contribution in [3.63, 3.8) is 0 Å². The van der Waals surface area contributed by atoms with Crippen LogP contribution in [-0.2, 0) is 16.4 Å². The molecule has 0 radical (unpaired) electrons. The number of aromatic nitrogens is 1. The van der Waals surface area contributed by atoms with Gasteiger partial charge in [-0.05, 0) is 32.3 Å². The fourth-order valence-corrected chi connectivity index (χ4v) is 3.83. The van der Waals surface area contributed by atoms with Crippen LogP contribution >= 0.6 is 11.6 Å². The lowest BCUT2D eigenvalue weighted by molar-refractivity contribution is 0.393. The molecular formula is C12H18ClNO4S. The standard InChI is InChI=1S/C12H18ClNO4S/c1-3-14-10(15)8-9(2)11(12(14)16)19(17,18)7-5-4-6-13/h8,16H,3-7H2,1-2H3. The van der Waals surface area contributed by atoms with Crippen molar-refractivity contribution in [1.29, 1.82) is 0 Å². The minimum absolute atomic E-state index is 0.0873. The van der Waals surface area contributed by atoms with Gasteiger partial charge < -0.3 is 5.11 Å². The molecule has 19 heavy (non-hydrogen) atoms. The Morgan fingerprint density at radius 3 is 2.53 bits per heavy atom. The molecule has 0 aliphatic carbocycles. The van der Waals surface area contributed by atoms with Gasteiger partial charge in [0.25, 0.3) is 5.56 Å². The quantitative estimate of drug-likeness (QED) is 0.641. The third-order valence-electron chi connectivity index (χ3n) is 2.85. The molecule has 0 fully saturated rings. The van der Waals surface area contributed by atoms with Gasteiger partial charge in [0.1, 0.15) is 4.90 Å². The van der Waals surface area contributed by atoms with Gasteiger partial charge in [-0.25, -0.2) is 8.42 Å². The summed E-state index contributed by atoms with van der Waals surface area (Å²) in [4.78, 5) is 11.5. The fourth-order valence-electron chi connectivity index (χ4n) is 1.91. The zero-order valence-electron chi connectivity index (χ0n) is 11.0. The van der Waals surface area contributed by atoms with Crippen LogP contribution in [0.3, 0.4) is 0 Å². The summed E-state index contributed by atoms with van der Waals surface area (Å²) in [5.41, 5.74) is -0.129. The third-order valence-corrected chi connectivity index (χ3v) is 5.07. The second-order valence-corrected chi connectivity index (χ2v) is 6.70. The van der Waals surface area contributed by atoms with Gasteiger partial charge in [0.15, 0.2) is 9.84 Å². The molecule has 0 aliphatic heterocycles. The van der Waals surface area contributed by atoms with E-state index in [1.54, 1.807) is 6.92 Å². The highest BCUT2D eigenvalue weighted by atomic mass is 35.5. The molecular weight excluding hydrogens is 290 g/mol. The Balaban J connectivity index is 3.30. The Labute approximate surface area is 117 Å². The van der Waals surface area contributed by atoms with Crippen LogP contribution in [0.15, 0.2) is 15.8 Å². The van der Waals surface area contributed by atoms with Crippen LogP contribution in [0.25, 0.3) is 0 Å². The predicted molar refractivity (Wildman–Crippen MR) is 74.8 cm³/mol. The summed E-state index contributed by atoms with van der Waals surface area (Å²) in [5.74, 6) is -0.163. The lowest BCUT2D eigenvalue weighted by atomic mass is 10.3. The number of halogens is 1. The van der Waals surface area contributed by atoms with E-state index in [4.69, 9.17) is 11.6 Å². The average molecular weight is 308 g/mol. The van der Waals surface area contributed by atoms with Gasteiger partial charge in [-0.1, -0.05) is 0 Å². The van der Waals surface area contributed by atoms with E-state index in [2.05, 4.69) is 0 Å². The average Bonchev–Trinajstić information content (AvgIpc) is 2.28. The maximum atomic E-state index is 12.2. The van der Waals surface area contributed by atoms with Crippen LogP contribution in [0.1, 0.15) is 25.3 Å². The van der Waals surface area contributed by atoms with E-state index in [9.17, 15) is 18.3 Å². The molecule has 1 rings (SSSR count). The largest absolute Gasteiger partial charge is 0.493 e. The van der Waals surface area contributed by atoms with Crippen LogP contribution in [0.5, 0.6) is 5.88 Å². The van der Waals surface area contributed by atoms with Crippen LogP contribution < -0.4 is 5.56 Å². The van der Waals surface area contributed by atoms with Crippen LogP contribution in [0.2, 0.25) is 0 Å². The number of unbranched alkanes of at least 4 members (excludes halogenated alkanes) is 1. The van der Waals surface area contributed by atoms with Gasteiger partial charge in [0.05, 0.1) is 5.75 Å². The monoisotopic (exact) mass is 307 g/mol. The van der Waals surface area contributed by atoms with E-state index < -0.39 is 21.3 Å². The Kier molecular flexibility index (Phi) is 5.43. The molecule has 0 unspecified atom stereocenters. The lowest BCUT2D eigenvalue weighted by Crippen LogP contribution is -2.22. The van der Waals surface area contributed by atoms with E-state index in [1.165, 1.54) is 13.0 Å². The molecule has 0 saturated carbocycles. The highest BCUT2D eigenvalue weighted by molar-refractivity contribution is 7.91. The minimum Gasteiger partial charge on any atom is -0.493 e. The van der Waals surface area contributed by atoms with Crippen molar-refractivity contribution >= 4 is 21.4 Å². The molecule has 0 amide bonds. The molecule has 1 aromatic rings. The normalized spacial score (nSPS) is 11.7. The topological polar surface area (TPSA) is 76.4 Å². The van der Waals surface area contributed by atoms with Gasteiger partial charge in [-0.3, -0.25) is 9.36 Å². The van der Waals surface area contributed by atoms with E-state index >= 15 is 0 Å². The van der Waals surface area contributed by atoms with Crippen molar-refractivity contribution in [2.45, 2.75) is 38.1 Å². The molecule has 0 bridgehead atoms. The van der Waals surface area contributed by atoms with Gasteiger partial charge in [-0.15, -0.1) is 11.6 Å².